The Bertz CT molecular complexity index is 698. The molecule has 2 aromatic rings. The van der Waals surface area contributed by atoms with Crippen molar-refractivity contribution in [2.24, 2.45) is 0 Å². The molecule has 1 aliphatic carbocycles. The molecule has 0 bridgehead atoms. The summed E-state index contributed by atoms with van der Waals surface area (Å²) < 4.78 is 5.71. The number of nitrogens with one attached hydrogen (secondary N) is 2. The van der Waals surface area contributed by atoms with Crippen LogP contribution in [0.4, 0.5) is 11.6 Å². The number of nitrogens with zero attached hydrogens (tertiary/aromatic N) is 2. The molecule has 0 spiro atoms. The maximum Gasteiger partial charge on any atom is 0.274 e. The van der Waals surface area contributed by atoms with Gasteiger partial charge in [0.15, 0.2) is 0 Å². The summed E-state index contributed by atoms with van der Waals surface area (Å²) in [6.07, 6.45) is 3.86. The number of ether oxygens (including phenoxy) is 1. The normalized spacial score (nSPS) is 13.7. The van der Waals surface area contributed by atoms with Gasteiger partial charge in [-0.25, -0.2) is 9.97 Å². The fourth-order valence-corrected chi connectivity index (χ4v) is 2.08. The molecule has 6 heteroatoms. The van der Waals surface area contributed by atoms with Crippen molar-refractivity contribution >= 4 is 17.5 Å². The van der Waals surface area contributed by atoms with Gasteiger partial charge >= 0.3 is 0 Å². The van der Waals surface area contributed by atoms with Crippen LogP contribution >= 0.6 is 0 Å². The van der Waals surface area contributed by atoms with Gasteiger partial charge in [0.1, 0.15) is 11.4 Å². The van der Waals surface area contributed by atoms with Crippen molar-refractivity contribution in [1.29, 1.82) is 0 Å². The van der Waals surface area contributed by atoms with Crippen LogP contribution in [0.1, 0.15) is 37.2 Å². The molecule has 0 aliphatic heterocycles. The third kappa shape index (κ3) is 4.18. The van der Waals surface area contributed by atoms with E-state index in [1.165, 1.54) is 0 Å². The van der Waals surface area contributed by atoms with Crippen molar-refractivity contribution in [3.05, 3.63) is 42.2 Å². The van der Waals surface area contributed by atoms with Gasteiger partial charge in [-0.15, -0.1) is 0 Å². The first-order valence-electron chi connectivity index (χ1n) is 7.78. The Balaban J connectivity index is 1.74. The summed E-state index contributed by atoms with van der Waals surface area (Å²) in [7, 11) is 0. The lowest BCUT2D eigenvalue weighted by Gasteiger charge is -2.14. The standard InChI is InChI=1S/C17H20N4O2/c1-11(2)23-15-6-4-3-5-13(15)20-16(22)14-9-10-18-17(21-14)19-12-7-8-12/h3-6,9-12H,7-8H2,1-2H3,(H,20,22)(H,18,19,21). The minimum atomic E-state index is -0.286. The molecule has 23 heavy (non-hydrogen) atoms. The lowest BCUT2D eigenvalue weighted by atomic mass is 10.2. The van der Waals surface area contributed by atoms with Crippen molar-refractivity contribution < 1.29 is 9.53 Å². The minimum absolute atomic E-state index is 0.0291. The monoisotopic (exact) mass is 312 g/mol. The number of hydrogen-bond acceptors (Lipinski definition) is 5. The molecule has 120 valence electrons. The van der Waals surface area contributed by atoms with Crippen molar-refractivity contribution in [2.45, 2.75) is 38.8 Å². The summed E-state index contributed by atoms with van der Waals surface area (Å²) >= 11 is 0. The van der Waals surface area contributed by atoms with Crippen molar-refractivity contribution in [3.8, 4) is 5.75 Å². The number of para-hydroxylation sites is 2. The van der Waals surface area contributed by atoms with Gasteiger partial charge in [0, 0.05) is 12.2 Å². The van der Waals surface area contributed by atoms with E-state index in [1.54, 1.807) is 18.3 Å². The fraction of sp³-hybridized carbons (Fsp3) is 0.353. The molecular formula is C17H20N4O2. The van der Waals surface area contributed by atoms with E-state index in [1.807, 2.05) is 32.0 Å². The topological polar surface area (TPSA) is 76.1 Å². The van der Waals surface area contributed by atoms with Crippen LogP contribution in [0.2, 0.25) is 0 Å². The molecule has 1 aromatic heterocycles. The predicted molar refractivity (Wildman–Crippen MR) is 88.8 cm³/mol. The summed E-state index contributed by atoms with van der Waals surface area (Å²) in [5, 5.41) is 6.03. The maximum atomic E-state index is 12.4. The Labute approximate surface area is 135 Å². The number of rotatable bonds is 6. The van der Waals surface area contributed by atoms with Gasteiger partial charge in [0.25, 0.3) is 5.91 Å². The van der Waals surface area contributed by atoms with Crippen LogP contribution in [0.5, 0.6) is 5.75 Å². The van der Waals surface area contributed by atoms with E-state index in [-0.39, 0.29) is 12.0 Å². The summed E-state index contributed by atoms with van der Waals surface area (Å²) in [4.78, 5) is 20.8. The highest BCUT2D eigenvalue weighted by Gasteiger charge is 2.22. The zero-order chi connectivity index (χ0) is 16.2. The molecule has 1 fully saturated rings. The Morgan fingerprint density at radius 2 is 2.04 bits per heavy atom. The second-order valence-electron chi connectivity index (χ2n) is 5.80. The largest absolute Gasteiger partial charge is 0.489 e. The number of anilines is 2. The van der Waals surface area contributed by atoms with Gasteiger partial charge in [-0.05, 0) is 44.9 Å². The molecule has 1 amide bonds. The van der Waals surface area contributed by atoms with E-state index >= 15 is 0 Å². The van der Waals surface area contributed by atoms with Crippen LogP contribution in [-0.2, 0) is 0 Å². The quantitative estimate of drug-likeness (QED) is 0.857. The van der Waals surface area contributed by atoms with E-state index in [0.29, 0.717) is 29.1 Å². The molecule has 0 unspecified atom stereocenters. The molecule has 2 N–H and O–H groups in total. The average Bonchev–Trinajstić information content (AvgIpc) is 3.33. The van der Waals surface area contributed by atoms with Gasteiger partial charge in [-0.3, -0.25) is 4.79 Å². The molecule has 1 aromatic carbocycles. The first kappa shape index (κ1) is 15.3. The first-order chi connectivity index (χ1) is 11.1. The summed E-state index contributed by atoms with van der Waals surface area (Å²) in [6.45, 7) is 3.89. The second-order valence-corrected chi connectivity index (χ2v) is 5.80. The minimum Gasteiger partial charge on any atom is -0.489 e. The summed E-state index contributed by atoms with van der Waals surface area (Å²) in [5.74, 6) is 0.846. The van der Waals surface area contributed by atoms with E-state index in [0.717, 1.165) is 12.8 Å². The van der Waals surface area contributed by atoms with Gasteiger partial charge in [0.05, 0.1) is 11.8 Å². The molecule has 1 aliphatic rings. The van der Waals surface area contributed by atoms with Crippen molar-refractivity contribution in [1.82, 2.24) is 9.97 Å². The highest BCUT2D eigenvalue weighted by molar-refractivity contribution is 6.03. The zero-order valence-corrected chi connectivity index (χ0v) is 13.2. The Kier molecular flexibility index (Phi) is 4.41. The van der Waals surface area contributed by atoms with Gasteiger partial charge in [-0.2, -0.15) is 0 Å². The number of aromatic nitrogens is 2. The average molecular weight is 312 g/mol. The summed E-state index contributed by atoms with van der Waals surface area (Å²) in [6, 6.07) is 9.39. The van der Waals surface area contributed by atoms with Crippen LogP contribution < -0.4 is 15.4 Å². The third-order valence-corrected chi connectivity index (χ3v) is 3.30. The molecule has 1 saturated carbocycles. The van der Waals surface area contributed by atoms with Crippen LogP contribution in [0.3, 0.4) is 0 Å². The fourth-order valence-electron chi connectivity index (χ4n) is 2.08. The number of carbonyl (C=O) groups is 1. The van der Waals surface area contributed by atoms with Crippen molar-refractivity contribution in [2.75, 3.05) is 10.6 Å². The van der Waals surface area contributed by atoms with Gasteiger partial charge in [-0.1, -0.05) is 12.1 Å². The highest BCUT2D eigenvalue weighted by Crippen LogP contribution is 2.26. The van der Waals surface area contributed by atoms with E-state index in [2.05, 4.69) is 20.6 Å². The van der Waals surface area contributed by atoms with E-state index in [4.69, 9.17) is 4.74 Å². The SMILES string of the molecule is CC(C)Oc1ccccc1NC(=O)c1ccnc(NC2CC2)n1. The lowest BCUT2D eigenvalue weighted by Crippen LogP contribution is -2.17. The van der Waals surface area contributed by atoms with Crippen LogP contribution in [-0.4, -0.2) is 28.0 Å². The smallest absolute Gasteiger partial charge is 0.274 e. The summed E-state index contributed by atoms with van der Waals surface area (Å²) in [5.41, 5.74) is 0.948. The van der Waals surface area contributed by atoms with Crippen LogP contribution in [0.15, 0.2) is 36.5 Å². The predicted octanol–water partition coefficient (Wildman–Crippen LogP) is 3.09. The first-order valence-corrected chi connectivity index (χ1v) is 7.78. The van der Waals surface area contributed by atoms with Gasteiger partial charge in [0.2, 0.25) is 5.95 Å². The molecule has 6 nitrogen and oxygen atoms in total. The van der Waals surface area contributed by atoms with Gasteiger partial charge < -0.3 is 15.4 Å². The molecule has 0 saturated heterocycles. The Morgan fingerprint density at radius 1 is 1.26 bits per heavy atom. The Hall–Kier alpha value is -2.63. The molecule has 1 heterocycles. The highest BCUT2D eigenvalue weighted by atomic mass is 16.5. The Morgan fingerprint density at radius 3 is 2.78 bits per heavy atom. The molecular weight excluding hydrogens is 292 g/mol. The molecule has 0 atom stereocenters. The number of carbonyl (C=O) groups excluding carboxylic acids is 1. The molecule has 3 rings (SSSR count). The van der Waals surface area contributed by atoms with E-state index in [9.17, 15) is 4.79 Å². The lowest BCUT2D eigenvalue weighted by molar-refractivity contribution is 0.102. The van der Waals surface area contributed by atoms with Crippen LogP contribution in [0, 0.1) is 0 Å². The van der Waals surface area contributed by atoms with E-state index < -0.39 is 0 Å². The van der Waals surface area contributed by atoms with Crippen LogP contribution in [0.25, 0.3) is 0 Å². The second kappa shape index (κ2) is 6.64. The third-order valence-electron chi connectivity index (χ3n) is 3.30. The zero-order valence-electron chi connectivity index (χ0n) is 13.2. The number of hydrogen-bond donors (Lipinski definition) is 2. The van der Waals surface area contributed by atoms with Crippen molar-refractivity contribution in [3.63, 3.8) is 0 Å². The number of benzene rings is 1. The maximum absolute atomic E-state index is 12.4. The number of amides is 1. The molecule has 0 radical (unpaired) electrons.